The molecule has 2 rings (SSSR count). The zero-order valence-corrected chi connectivity index (χ0v) is 10.8. The first kappa shape index (κ1) is 13.0. The number of rotatable bonds is 2. The zero-order chi connectivity index (χ0) is 13.5. The van der Waals surface area contributed by atoms with Gasteiger partial charge in [0.05, 0.1) is 21.8 Å². The van der Waals surface area contributed by atoms with Gasteiger partial charge in [-0.1, -0.05) is 11.6 Å². The van der Waals surface area contributed by atoms with Crippen molar-refractivity contribution < 1.29 is 9.18 Å². The third-order valence-corrected chi connectivity index (χ3v) is 3.77. The molecule has 4 nitrogen and oxygen atoms in total. The highest BCUT2D eigenvalue weighted by Gasteiger charge is 2.39. The van der Waals surface area contributed by atoms with Crippen molar-refractivity contribution in [1.29, 1.82) is 0 Å². The van der Waals surface area contributed by atoms with E-state index in [1.165, 1.54) is 12.1 Å². The van der Waals surface area contributed by atoms with Crippen molar-refractivity contribution >= 4 is 28.9 Å². The van der Waals surface area contributed by atoms with E-state index in [2.05, 4.69) is 0 Å². The average Bonchev–Trinajstić information content (AvgIpc) is 2.68. The molecule has 18 heavy (non-hydrogen) atoms. The number of nitrogens with two attached hydrogens (primary N) is 2. The monoisotopic (exact) mass is 271 g/mol. The van der Waals surface area contributed by atoms with E-state index in [1.54, 1.807) is 6.92 Å². The van der Waals surface area contributed by atoms with Crippen LogP contribution in [0.15, 0.2) is 12.1 Å². The number of anilines is 2. The van der Waals surface area contributed by atoms with Gasteiger partial charge in [0, 0.05) is 19.2 Å². The summed E-state index contributed by atoms with van der Waals surface area (Å²) in [5.74, 6) is -0.869. The lowest BCUT2D eigenvalue weighted by molar-refractivity contribution is -0.125. The number of carbonyl (C=O) groups excluding carboxylic acids is 1. The van der Waals surface area contributed by atoms with Crippen molar-refractivity contribution in [3.8, 4) is 0 Å². The lowest BCUT2D eigenvalue weighted by Gasteiger charge is -2.23. The van der Waals surface area contributed by atoms with Crippen molar-refractivity contribution in [1.82, 2.24) is 0 Å². The summed E-state index contributed by atoms with van der Waals surface area (Å²) in [6.45, 7) is 2.86. The Balaban J connectivity index is 2.30. The van der Waals surface area contributed by atoms with Crippen LogP contribution in [-0.4, -0.2) is 19.0 Å². The third kappa shape index (κ3) is 2.10. The third-order valence-electron chi connectivity index (χ3n) is 3.48. The summed E-state index contributed by atoms with van der Waals surface area (Å²) in [7, 11) is 0. The summed E-state index contributed by atoms with van der Waals surface area (Å²) >= 11 is 5.65. The lowest BCUT2D eigenvalue weighted by Crippen LogP contribution is -2.37. The van der Waals surface area contributed by atoms with Gasteiger partial charge in [-0.3, -0.25) is 4.79 Å². The summed E-state index contributed by atoms with van der Waals surface area (Å²) in [5.41, 5.74) is 11.6. The van der Waals surface area contributed by atoms with Crippen LogP contribution in [0.3, 0.4) is 0 Å². The molecule has 1 unspecified atom stereocenters. The Bertz CT molecular complexity index is 508. The molecule has 0 bridgehead atoms. The molecule has 6 heteroatoms. The van der Waals surface area contributed by atoms with Crippen LogP contribution in [0.25, 0.3) is 0 Å². The van der Waals surface area contributed by atoms with E-state index < -0.39 is 11.2 Å². The molecule has 1 saturated heterocycles. The normalized spacial score (nSPS) is 23.4. The minimum atomic E-state index is -0.595. The molecule has 1 atom stereocenters. The summed E-state index contributed by atoms with van der Waals surface area (Å²) in [5, 5.41) is -0.00638. The maximum absolute atomic E-state index is 13.5. The molecule has 98 valence electrons. The second kappa shape index (κ2) is 4.31. The molecular formula is C12H15ClFN3O. The van der Waals surface area contributed by atoms with Crippen molar-refractivity contribution in [2.75, 3.05) is 23.7 Å². The first-order valence-electron chi connectivity index (χ1n) is 5.63. The van der Waals surface area contributed by atoms with E-state index in [4.69, 9.17) is 23.1 Å². The molecule has 1 aromatic carbocycles. The number of nitrogens with zero attached hydrogens (tertiary/aromatic N) is 1. The van der Waals surface area contributed by atoms with Gasteiger partial charge in [-0.15, -0.1) is 0 Å². The summed E-state index contributed by atoms with van der Waals surface area (Å²) in [4.78, 5) is 13.2. The fourth-order valence-electron chi connectivity index (χ4n) is 2.19. The number of hydrogen-bond acceptors (Lipinski definition) is 3. The Kier molecular flexibility index (Phi) is 3.11. The molecule has 0 aliphatic carbocycles. The fourth-order valence-corrected chi connectivity index (χ4v) is 2.37. The Morgan fingerprint density at radius 3 is 2.78 bits per heavy atom. The average molecular weight is 272 g/mol. The zero-order valence-electron chi connectivity index (χ0n) is 10.0. The summed E-state index contributed by atoms with van der Waals surface area (Å²) in [6.07, 6.45) is 0.631. The largest absolute Gasteiger partial charge is 0.397 e. The van der Waals surface area contributed by atoms with Crippen molar-refractivity contribution in [2.45, 2.75) is 13.3 Å². The Labute approximate surface area is 110 Å². The topological polar surface area (TPSA) is 72.4 Å². The molecule has 1 fully saturated rings. The number of amides is 1. The number of primary amides is 1. The van der Waals surface area contributed by atoms with Gasteiger partial charge in [0.2, 0.25) is 5.91 Å². The van der Waals surface area contributed by atoms with E-state index >= 15 is 0 Å². The highest BCUT2D eigenvalue weighted by molar-refractivity contribution is 6.31. The molecule has 0 spiro atoms. The first-order chi connectivity index (χ1) is 8.33. The van der Waals surface area contributed by atoms with Crippen LogP contribution in [0.5, 0.6) is 0 Å². The molecule has 0 radical (unpaired) electrons. The molecule has 1 heterocycles. The van der Waals surface area contributed by atoms with Crippen molar-refractivity contribution in [2.24, 2.45) is 11.1 Å². The Morgan fingerprint density at radius 2 is 2.22 bits per heavy atom. The van der Waals surface area contributed by atoms with Gasteiger partial charge in [0.1, 0.15) is 5.82 Å². The second-order valence-electron chi connectivity index (χ2n) is 4.92. The predicted molar refractivity (Wildman–Crippen MR) is 70.0 cm³/mol. The fraction of sp³-hybridized carbons (Fsp3) is 0.417. The minimum Gasteiger partial charge on any atom is -0.397 e. The molecule has 0 aromatic heterocycles. The number of halogens is 2. The van der Waals surface area contributed by atoms with Crippen LogP contribution < -0.4 is 16.4 Å². The smallest absolute Gasteiger partial charge is 0.225 e. The number of nitrogen functional groups attached to an aromatic ring is 1. The van der Waals surface area contributed by atoms with Gasteiger partial charge in [0.25, 0.3) is 0 Å². The predicted octanol–water partition coefficient (Wildman–Crippen LogP) is 1.76. The Hall–Kier alpha value is -1.49. The van der Waals surface area contributed by atoms with E-state index in [0.29, 0.717) is 30.9 Å². The molecule has 4 N–H and O–H groups in total. The maximum atomic E-state index is 13.5. The number of hydrogen-bond donors (Lipinski definition) is 2. The highest BCUT2D eigenvalue weighted by atomic mass is 35.5. The number of carbonyl (C=O) groups is 1. The molecular weight excluding hydrogens is 257 g/mol. The molecule has 1 aliphatic rings. The van der Waals surface area contributed by atoms with Gasteiger partial charge < -0.3 is 16.4 Å². The van der Waals surface area contributed by atoms with Crippen LogP contribution in [0.4, 0.5) is 15.8 Å². The van der Waals surface area contributed by atoms with Gasteiger partial charge in [-0.2, -0.15) is 0 Å². The summed E-state index contributed by atoms with van der Waals surface area (Å²) in [6, 6.07) is 2.68. The van der Waals surface area contributed by atoms with Crippen LogP contribution in [0.2, 0.25) is 5.02 Å². The molecule has 1 amide bonds. The van der Waals surface area contributed by atoms with Gasteiger partial charge in [-0.05, 0) is 19.4 Å². The van der Waals surface area contributed by atoms with Crippen LogP contribution >= 0.6 is 11.6 Å². The van der Waals surface area contributed by atoms with E-state index in [0.717, 1.165) is 0 Å². The van der Waals surface area contributed by atoms with Crippen molar-refractivity contribution in [3.05, 3.63) is 23.0 Å². The van der Waals surface area contributed by atoms with E-state index in [1.807, 2.05) is 4.90 Å². The number of benzene rings is 1. The lowest BCUT2D eigenvalue weighted by atomic mass is 9.89. The molecule has 1 aromatic rings. The maximum Gasteiger partial charge on any atom is 0.225 e. The van der Waals surface area contributed by atoms with E-state index in [9.17, 15) is 9.18 Å². The van der Waals surface area contributed by atoms with Gasteiger partial charge in [-0.25, -0.2) is 4.39 Å². The van der Waals surface area contributed by atoms with Gasteiger partial charge >= 0.3 is 0 Å². The molecule has 1 aliphatic heterocycles. The van der Waals surface area contributed by atoms with Crippen molar-refractivity contribution in [3.63, 3.8) is 0 Å². The van der Waals surface area contributed by atoms with Gasteiger partial charge in [0.15, 0.2) is 0 Å². The SMILES string of the molecule is CC1(C(N)=O)CCN(c2cc(F)c(Cl)cc2N)C1. The highest BCUT2D eigenvalue weighted by Crippen LogP contribution is 2.37. The summed E-state index contributed by atoms with van der Waals surface area (Å²) < 4.78 is 13.5. The quantitative estimate of drug-likeness (QED) is 0.805. The van der Waals surface area contributed by atoms with Crippen LogP contribution in [0.1, 0.15) is 13.3 Å². The van der Waals surface area contributed by atoms with E-state index in [-0.39, 0.29) is 10.9 Å². The van der Waals surface area contributed by atoms with Crippen LogP contribution in [0, 0.1) is 11.2 Å². The Morgan fingerprint density at radius 1 is 1.56 bits per heavy atom. The first-order valence-corrected chi connectivity index (χ1v) is 6.01. The molecule has 0 saturated carbocycles. The second-order valence-corrected chi connectivity index (χ2v) is 5.33. The van der Waals surface area contributed by atoms with Crippen LogP contribution in [-0.2, 0) is 4.79 Å². The standard InChI is InChI=1S/C12H15ClFN3O/c1-12(11(16)18)2-3-17(6-12)10-5-8(14)7(13)4-9(10)15/h4-5H,2-3,6,15H2,1H3,(H2,16,18). The minimum absolute atomic E-state index is 0.00638.